The zero-order valence-corrected chi connectivity index (χ0v) is 23.5. The molecule has 224 valence electrons. The second-order valence-electron chi connectivity index (χ2n) is 10.6. The minimum Gasteiger partial charge on any atom is -0.495 e. The van der Waals surface area contributed by atoms with Gasteiger partial charge in [-0.25, -0.2) is 4.79 Å². The predicted molar refractivity (Wildman–Crippen MR) is 155 cm³/mol. The summed E-state index contributed by atoms with van der Waals surface area (Å²) in [5, 5.41) is 16.6. The Morgan fingerprint density at radius 1 is 1.10 bits per heavy atom. The van der Waals surface area contributed by atoms with Gasteiger partial charge in [0.1, 0.15) is 12.3 Å². The Morgan fingerprint density at radius 3 is 2.55 bits per heavy atom. The standard InChI is InChI=1S/C31H35F3N4O4/c1-41-29-18-21(30(39)40)7-12-27(29)35-13-3-4-24-19-25-26(5-2-6-28(25)38(24)20-31(32,33)34)36-22-8-10-23(11-9-22)37-14-16-42-17-15-37/h2,5-7,12,18-19,22-23,35-36H,8-11,13-17,20H2,1H3,(H,39,40)/t22-,23+. The molecule has 0 atom stereocenters. The van der Waals surface area contributed by atoms with Gasteiger partial charge in [0.05, 0.1) is 49.3 Å². The van der Waals surface area contributed by atoms with Gasteiger partial charge in [-0.2, -0.15) is 13.2 Å². The zero-order valence-electron chi connectivity index (χ0n) is 23.5. The summed E-state index contributed by atoms with van der Waals surface area (Å²) in [6.07, 6.45) is -0.262. The Hall–Kier alpha value is -3.88. The number of rotatable bonds is 8. The van der Waals surface area contributed by atoms with Crippen molar-refractivity contribution in [3.63, 3.8) is 0 Å². The van der Waals surface area contributed by atoms with E-state index in [1.807, 2.05) is 6.07 Å². The Kier molecular flexibility index (Phi) is 9.14. The summed E-state index contributed by atoms with van der Waals surface area (Å²) in [5.41, 5.74) is 2.16. The molecule has 2 aromatic carbocycles. The Balaban J connectivity index is 1.32. The number of methoxy groups -OCH3 is 1. The number of aromatic carboxylic acids is 1. The van der Waals surface area contributed by atoms with Crippen LogP contribution in [0.2, 0.25) is 0 Å². The first-order chi connectivity index (χ1) is 20.2. The van der Waals surface area contributed by atoms with Crippen molar-refractivity contribution in [1.82, 2.24) is 9.47 Å². The lowest BCUT2D eigenvalue weighted by Crippen LogP contribution is -2.46. The molecule has 42 heavy (non-hydrogen) atoms. The summed E-state index contributed by atoms with van der Waals surface area (Å²) >= 11 is 0. The first kappa shape index (κ1) is 29.6. The maximum atomic E-state index is 13.6. The summed E-state index contributed by atoms with van der Waals surface area (Å²) in [7, 11) is 1.43. The molecule has 1 aliphatic carbocycles. The van der Waals surface area contributed by atoms with Gasteiger partial charge in [0.2, 0.25) is 0 Å². The summed E-state index contributed by atoms with van der Waals surface area (Å²) in [5.74, 6) is 5.07. The summed E-state index contributed by atoms with van der Waals surface area (Å²) in [6, 6.07) is 12.3. The average Bonchev–Trinajstić information content (AvgIpc) is 3.32. The van der Waals surface area contributed by atoms with Crippen molar-refractivity contribution in [2.45, 2.75) is 50.5 Å². The number of aromatic nitrogens is 1. The van der Waals surface area contributed by atoms with Crippen LogP contribution in [0.25, 0.3) is 10.9 Å². The molecule has 3 N–H and O–H groups in total. The van der Waals surface area contributed by atoms with Crippen molar-refractivity contribution >= 4 is 28.2 Å². The van der Waals surface area contributed by atoms with Gasteiger partial charge in [-0.05, 0) is 68.0 Å². The fraction of sp³-hybridized carbons (Fsp3) is 0.452. The third-order valence-electron chi connectivity index (χ3n) is 7.93. The normalized spacial score (nSPS) is 19.6. The van der Waals surface area contributed by atoms with Crippen LogP contribution in [-0.4, -0.2) is 78.8 Å². The van der Waals surface area contributed by atoms with Crippen molar-refractivity contribution in [3.8, 4) is 17.6 Å². The number of nitrogens with zero attached hydrogens (tertiary/aromatic N) is 2. The summed E-state index contributed by atoms with van der Waals surface area (Å²) in [4.78, 5) is 13.7. The van der Waals surface area contributed by atoms with E-state index in [1.165, 1.54) is 23.8 Å². The quantitative estimate of drug-likeness (QED) is 0.305. The lowest BCUT2D eigenvalue weighted by atomic mass is 9.89. The highest BCUT2D eigenvalue weighted by Gasteiger charge is 2.31. The van der Waals surface area contributed by atoms with Crippen LogP contribution in [0.1, 0.15) is 41.7 Å². The van der Waals surface area contributed by atoms with Crippen LogP contribution in [0.3, 0.4) is 0 Å². The number of halogens is 3. The van der Waals surface area contributed by atoms with E-state index in [-0.39, 0.29) is 23.8 Å². The molecule has 1 aliphatic heterocycles. The van der Waals surface area contributed by atoms with E-state index in [9.17, 15) is 23.1 Å². The maximum Gasteiger partial charge on any atom is 0.406 e. The SMILES string of the molecule is COc1cc(C(=O)O)ccc1NCC#Cc1cc2c(N[C@H]3CC[C@@H](N4CCOCC4)CC3)cccc2n1CC(F)(F)F. The number of fused-ring (bicyclic) bond motifs is 1. The van der Waals surface area contributed by atoms with Crippen molar-refractivity contribution in [2.24, 2.45) is 0 Å². The molecule has 0 bridgehead atoms. The Morgan fingerprint density at radius 2 is 1.86 bits per heavy atom. The molecular formula is C31H35F3N4O4. The molecule has 1 aromatic heterocycles. The van der Waals surface area contributed by atoms with Crippen molar-refractivity contribution in [1.29, 1.82) is 0 Å². The fourth-order valence-corrected chi connectivity index (χ4v) is 5.86. The predicted octanol–water partition coefficient (Wildman–Crippen LogP) is 5.43. The van der Waals surface area contributed by atoms with Gasteiger partial charge < -0.3 is 29.8 Å². The third kappa shape index (κ3) is 7.12. The molecule has 2 heterocycles. The van der Waals surface area contributed by atoms with Gasteiger partial charge in [-0.15, -0.1) is 0 Å². The first-order valence-corrected chi connectivity index (χ1v) is 14.1. The van der Waals surface area contributed by atoms with E-state index in [2.05, 4.69) is 27.4 Å². The Labute approximate surface area is 242 Å². The molecule has 1 saturated heterocycles. The lowest BCUT2D eigenvalue weighted by Gasteiger charge is -2.39. The molecular weight excluding hydrogens is 549 g/mol. The number of carboxylic acid groups (broad SMARTS) is 1. The number of hydrogen-bond acceptors (Lipinski definition) is 6. The smallest absolute Gasteiger partial charge is 0.406 e. The van der Waals surface area contributed by atoms with E-state index < -0.39 is 18.7 Å². The molecule has 8 nitrogen and oxygen atoms in total. The number of ether oxygens (including phenoxy) is 2. The van der Waals surface area contributed by atoms with Crippen molar-refractivity contribution in [2.75, 3.05) is 50.6 Å². The number of hydrogen-bond donors (Lipinski definition) is 3. The van der Waals surface area contributed by atoms with Crippen LogP contribution in [0.15, 0.2) is 42.5 Å². The number of carboxylic acids is 1. The van der Waals surface area contributed by atoms with E-state index in [4.69, 9.17) is 9.47 Å². The van der Waals surface area contributed by atoms with Crippen molar-refractivity contribution < 1.29 is 32.5 Å². The van der Waals surface area contributed by atoms with Gasteiger partial charge in [0.15, 0.2) is 0 Å². The second kappa shape index (κ2) is 13.0. The van der Waals surface area contributed by atoms with Gasteiger partial charge >= 0.3 is 12.1 Å². The average molecular weight is 585 g/mol. The number of benzene rings is 2. The molecule has 2 fully saturated rings. The highest BCUT2D eigenvalue weighted by atomic mass is 19.4. The number of anilines is 2. The lowest BCUT2D eigenvalue weighted by molar-refractivity contribution is -0.140. The molecule has 5 rings (SSSR count). The number of morpholine rings is 1. The molecule has 2 aliphatic rings. The number of carbonyl (C=O) groups is 1. The zero-order chi connectivity index (χ0) is 29.7. The van der Waals surface area contributed by atoms with E-state index in [1.54, 1.807) is 24.3 Å². The molecule has 0 radical (unpaired) electrons. The second-order valence-corrected chi connectivity index (χ2v) is 10.6. The van der Waals surface area contributed by atoms with Crippen LogP contribution in [0, 0.1) is 11.8 Å². The van der Waals surface area contributed by atoms with Crippen LogP contribution in [0.5, 0.6) is 5.75 Å². The van der Waals surface area contributed by atoms with Gasteiger partial charge in [0, 0.05) is 36.2 Å². The van der Waals surface area contributed by atoms with Crippen LogP contribution in [-0.2, 0) is 11.3 Å². The Bertz CT molecular complexity index is 1460. The molecule has 11 heteroatoms. The third-order valence-corrected chi connectivity index (χ3v) is 7.93. The molecule has 1 saturated carbocycles. The fourth-order valence-electron chi connectivity index (χ4n) is 5.86. The van der Waals surface area contributed by atoms with Crippen LogP contribution >= 0.6 is 0 Å². The minimum absolute atomic E-state index is 0.0784. The van der Waals surface area contributed by atoms with E-state index in [0.29, 0.717) is 28.4 Å². The van der Waals surface area contributed by atoms with Crippen LogP contribution < -0.4 is 15.4 Å². The monoisotopic (exact) mass is 584 g/mol. The molecule has 0 amide bonds. The van der Waals surface area contributed by atoms with Gasteiger partial charge in [-0.1, -0.05) is 12.0 Å². The molecule has 3 aromatic rings. The minimum atomic E-state index is -4.42. The number of alkyl halides is 3. The topological polar surface area (TPSA) is 88.0 Å². The van der Waals surface area contributed by atoms with Gasteiger partial charge in [-0.3, -0.25) is 4.90 Å². The van der Waals surface area contributed by atoms with E-state index >= 15 is 0 Å². The van der Waals surface area contributed by atoms with E-state index in [0.717, 1.165) is 57.7 Å². The van der Waals surface area contributed by atoms with Crippen molar-refractivity contribution in [3.05, 3.63) is 53.7 Å². The van der Waals surface area contributed by atoms with Crippen LogP contribution in [0.4, 0.5) is 24.5 Å². The largest absolute Gasteiger partial charge is 0.495 e. The van der Waals surface area contributed by atoms with Gasteiger partial charge in [0.25, 0.3) is 0 Å². The summed E-state index contributed by atoms with van der Waals surface area (Å²) < 4.78 is 52.8. The summed E-state index contributed by atoms with van der Waals surface area (Å²) in [6.45, 7) is 2.48. The maximum absolute atomic E-state index is 13.6. The number of nitrogens with one attached hydrogen (secondary N) is 2. The first-order valence-electron chi connectivity index (χ1n) is 14.1. The molecule has 0 spiro atoms. The highest BCUT2D eigenvalue weighted by Crippen LogP contribution is 2.33. The molecule has 0 unspecified atom stereocenters. The highest BCUT2D eigenvalue weighted by molar-refractivity contribution is 5.94.